The van der Waals surface area contributed by atoms with Gasteiger partial charge in [0.05, 0.1) is 23.7 Å². The Morgan fingerprint density at radius 3 is 2.65 bits per heavy atom. The van der Waals surface area contributed by atoms with Crippen molar-refractivity contribution in [2.24, 2.45) is 0 Å². The van der Waals surface area contributed by atoms with Crippen LogP contribution in [-0.2, 0) is 11.4 Å². The van der Waals surface area contributed by atoms with Gasteiger partial charge in [-0.3, -0.25) is 9.63 Å². The summed E-state index contributed by atoms with van der Waals surface area (Å²) in [5, 5.41) is 13.6. The number of carboxylic acid groups (broad SMARTS) is 1. The van der Waals surface area contributed by atoms with Crippen molar-refractivity contribution in [1.29, 1.82) is 0 Å². The molecule has 1 saturated carbocycles. The molecule has 0 amide bonds. The molecule has 0 bridgehead atoms. The molecular formula is C22H24FN5O5S. The van der Waals surface area contributed by atoms with Crippen molar-refractivity contribution in [3.05, 3.63) is 44.9 Å². The summed E-state index contributed by atoms with van der Waals surface area (Å²) in [7, 11) is 1.43. The van der Waals surface area contributed by atoms with Crippen LogP contribution < -0.4 is 20.8 Å². The Bertz CT molecular complexity index is 1310. The summed E-state index contributed by atoms with van der Waals surface area (Å²) in [6.45, 7) is 2.29. The average molecular weight is 490 g/mol. The highest BCUT2D eigenvalue weighted by atomic mass is 32.1. The molecule has 0 radical (unpaired) electrons. The molecule has 3 aromatic rings. The number of rotatable bonds is 7. The van der Waals surface area contributed by atoms with E-state index in [1.54, 1.807) is 9.63 Å². The average Bonchev–Trinajstić information content (AvgIpc) is 3.58. The van der Waals surface area contributed by atoms with Gasteiger partial charge < -0.3 is 25.0 Å². The first-order valence-electron chi connectivity index (χ1n) is 10.9. The van der Waals surface area contributed by atoms with Crippen LogP contribution in [0.3, 0.4) is 0 Å². The number of benzene rings is 1. The van der Waals surface area contributed by atoms with Crippen molar-refractivity contribution in [1.82, 2.24) is 14.6 Å². The lowest BCUT2D eigenvalue weighted by molar-refractivity contribution is -0.172. The molecule has 12 heteroatoms. The number of nitrogens with zero attached hydrogens (tertiary/aromatic N) is 4. The van der Waals surface area contributed by atoms with Gasteiger partial charge in [0.15, 0.2) is 16.7 Å². The summed E-state index contributed by atoms with van der Waals surface area (Å²) < 4.78 is 22.8. The maximum atomic E-state index is 15.4. The maximum Gasteiger partial charge on any atom is 0.341 e. The van der Waals surface area contributed by atoms with Crippen LogP contribution in [0.25, 0.3) is 10.9 Å². The zero-order valence-corrected chi connectivity index (χ0v) is 19.3. The van der Waals surface area contributed by atoms with Gasteiger partial charge in [0.2, 0.25) is 5.43 Å². The van der Waals surface area contributed by atoms with Crippen LogP contribution in [0.1, 0.15) is 34.9 Å². The molecule has 2 aromatic heterocycles. The second-order valence-corrected chi connectivity index (χ2v) is 9.21. The summed E-state index contributed by atoms with van der Waals surface area (Å²) in [4.78, 5) is 36.3. The van der Waals surface area contributed by atoms with Crippen molar-refractivity contribution in [2.75, 3.05) is 43.9 Å². The summed E-state index contributed by atoms with van der Waals surface area (Å²) >= 11 is 1.35. The summed E-state index contributed by atoms with van der Waals surface area (Å²) in [5.41, 5.74) is 6.00. The van der Waals surface area contributed by atoms with Crippen molar-refractivity contribution in [2.45, 2.75) is 25.5 Å². The number of anilines is 2. The predicted molar refractivity (Wildman–Crippen MR) is 125 cm³/mol. The lowest BCUT2D eigenvalue weighted by Crippen LogP contribution is -2.46. The molecule has 5 rings (SSSR count). The van der Waals surface area contributed by atoms with Gasteiger partial charge in [-0.15, -0.1) is 11.3 Å². The zero-order valence-electron chi connectivity index (χ0n) is 18.5. The van der Waals surface area contributed by atoms with Crippen molar-refractivity contribution in [3.63, 3.8) is 0 Å². The molecule has 0 atom stereocenters. The largest absolute Gasteiger partial charge is 0.492 e. The minimum absolute atomic E-state index is 0.00871. The SMILES string of the molecule is COc1c(N2CCN(OCc3csc(N)n3)CC2)c(F)cc2c(=O)c(C(=O)O)cn(C3CC3)c12. The number of hydroxylamine groups is 2. The van der Waals surface area contributed by atoms with E-state index in [1.165, 1.54) is 24.6 Å². The third-order valence-corrected chi connectivity index (χ3v) is 6.82. The Morgan fingerprint density at radius 2 is 2.06 bits per heavy atom. The quantitative estimate of drug-likeness (QED) is 0.515. The number of ether oxygens (including phenoxy) is 1. The zero-order chi connectivity index (χ0) is 24.0. The Labute approximate surface area is 197 Å². The van der Waals surface area contributed by atoms with E-state index in [0.717, 1.165) is 24.6 Å². The third kappa shape index (κ3) is 4.08. The number of methoxy groups -OCH3 is 1. The van der Waals surface area contributed by atoms with Crippen molar-refractivity contribution >= 4 is 39.0 Å². The number of nitrogen functional groups attached to an aromatic ring is 1. The standard InChI is InChI=1S/C22H24FN5O5S/c1-32-20-17-14(19(29)15(21(30)31)9-28(17)13-2-3-13)8-16(23)18(20)26-4-6-27(7-5-26)33-10-12-11-34-22(24)25-12/h8-9,11,13H,2-7,10H2,1H3,(H2,24,25)(H,30,31). The normalized spacial score (nSPS) is 16.8. The number of hydrogen-bond donors (Lipinski definition) is 2. The number of hydrogen-bond acceptors (Lipinski definition) is 9. The van der Waals surface area contributed by atoms with Gasteiger partial charge in [0.1, 0.15) is 17.9 Å². The van der Waals surface area contributed by atoms with Crippen LogP contribution in [0, 0.1) is 5.82 Å². The number of nitrogens with two attached hydrogens (primary N) is 1. The smallest absolute Gasteiger partial charge is 0.341 e. The van der Waals surface area contributed by atoms with E-state index < -0.39 is 17.2 Å². The van der Waals surface area contributed by atoms with Crippen LogP contribution in [0.15, 0.2) is 22.4 Å². The lowest BCUT2D eigenvalue weighted by Gasteiger charge is -2.36. The minimum Gasteiger partial charge on any atom is -0.492 e. The molecule has 10 nitrogen and oxygen atoms in total. The molecule has 1 aromatic carbocycles. The molecule has 34 heavy (non-hydrogen) atoms. The van der Waals surface area contributed by atoms with Crippen LogP contribution in [0.5, 0.6) is 5.75 Å². The minimum atomic E-state index is -1.33. The Morgan fingerprint density at radius 1 is 1.32 bits per heavy atom. The fourth-order valence-electron chi connectivity index (χ4n) is 4.31. The van der Waals surface area contributed by atoms with Crippen LogP contribution in [0.4, 0.5) is 15.2 Å². The van der Waals surface area contributed by atoms with Crippen molar-refractivity contribution < 1.29 is 23.9 Å². The lowest BCUT2D eigenvalue weighted by atomic mass is 10.1. The summed E-state index contributed by atoms with van der Waals surface area (Å²) in [5.74, 6) is -1.72. The first kappa shape index (κ1) is 22.6. The fourth-order valence-corrected chi connectivity index (χ4v) is 4.86. The Kier molecular flexibility index (Phi) is 5.88. The van der Waals surface area contributed by atoms with Gasteiger partial charge >= 0.3 is 5.97 Å². The number of carbonyl (C=O) groups is 1. The summed E-state index contributed by atoms with van der Waals surface area (Å²) in [6, 6.07) is 1.19. The molecule has 1 saturated heterocycles. The number of thiazole rings is 1. The van der Waals surface area contributed by atoms with E-state index >= 15 is 4.39 Å². The highest BCUT2D eigenvalue weighted by molar-refractivity contribution is 7.13. The molecule has 1 aliphatic carbocycles. The van der Waals surface area contributed by atoms with E-state index in [9.17, 15) is 14.7 Å². The third-order valence-electron chi connectivity index (χ3n) is 6.09. The number of aromatic nitrogens is 2. The molecular weight excluding hydrogens is 465 g/mol. The number of aromatic carboxylic acids is 1. The second kappa shape index (κ2) is 8.85. The van der Waals surface area contributed by atoms with Crippen molar-refractivity contribution in [3.8, 4) is 5.75 Å². The number of fused-ring (bicyclic) bond motifs is 1. The van der Waals surface area contributed by atoms with E-state index in [0.29, 0.717) is 43.4 Å². The Hall–Kier alpha value is -3.22. The van der Waals surface area contributed by atoms with Gasteiger partial charge in [-0.25, -0.2) is 14.2 Å². The molecule has 0 unspecified atom stereocenters. The summed E-state index contributed by atoms with van der Waals surface area (Å²) in [6.07, 6.45) is 3.06. The Balaban J connectivity index is 1.45. The fraction of sp³-hybridized carbons (Fsp3) is 0.409. The molecule has 0 spiro atoms. The number of carboxylic acids is 1. The van der Waals surface area contributed by atoms with Crippen LogP contribution >= 0.6 is 11.3 Å². The number of pyridine rings is 1. The van der Waals surface area contributed by atoms with Gasteiger partial charge in [-0.1, -0.05) is 0 Å². The molecule has 1 aliphatic heterocycles. The first-order valence-corrected chi connectivity index (χ1v) is 11.8. The monoisotopic (exact) mass is 489 g/mol. The number of halogens is 1. The molecule has 3 heterocycles. The van der Waals surface area contributed by atoms with Crippen LogP contribution in [0.2, 0.25) is 0 Å². The number of piperazine rings is 1. The van der Waals surface area contributed by atoms with Gasteiger partial charge in [0, 0.05) is 43.8 Å². The molecule has 2 aliphatic rings. The van der Waals surface area contributed by atoms with Crippen LogP contribution in [-0.4, -0.2) is 59.0 Å². The van der Waals surface area contributed by atoms with E-state index in [-0.39, 0.29) is 28.4 Å². The molecule has 2 fully saturated rings. The highest BCUT2D eigenvalue weighted by Gasteiger charge is 2.32. The molecule has 180 valence electrons. The van der Waals surface area contributed by atoms with Gasteiger partial charge in [0.25, 0.3) is 0 Å². The highest BCUT2D eigenvalue weighted by Crippen LogP contribution is 2.43. The predicted octanol–water partition coefficient (Wildman–Crippen LogP) is 2.47. The van der Waals surface area contributed by atoms with E-state index in [4.69, 9.17) is 15.3 Å². The maximum absolute atomic E-state index is 15.4. The second-order valence-electron chi connectivity index (χ2n) is 8.32. The van der Waals surface area contributed by atoms with E-state index in [2.05, 4.69) is 4.98 Å². The van der Waals surface area contributed by atoms with Gasteiger partial charge in [-0.05, 0) is 18.9 Å². The molecule has 3 N–H and O–H groups in total. The van der Waals surface area contributed by atoms with E-state index in [1.807, 2.05) is 10.3 Å². The van der Waals surface area contributed by atoms with Gasteiger partial charge in [-0.2, -0.15) is 5.06 Å². The first-order chi connectivity index (χ1) is 16.4. The topological polar surface area (TPSA) is 123 Å².